The largest absolute Gasteiger partial charge is 0.402 e. The highest BCUT2D eigenvalue weighted by Gasteiger charge is 2.18. The summed E-state index contributed by atoms with van der Waals surface area (Å²) < 4.78 is 0. The molecule has 0 bridgehead atoms. The molecule has 1 aliphatic rings. The Balaban J connectivity index is 1.29. The molecule has 4 aromatic rings. The zero-order chi connectivity index (χ0) is 28.1. The van der Waals surface area contributed by atoms with Crippen molar-refractivity contribution in [1.82, 2.24) is 9.97 Å². The lowest BCUT2D eigenvalue weighted by Crippen LogP contribution is -2.37. The number of hydrogen-bond acceptors (Lipinski definition) is 7. The van der Waals surface area contributed by atoms with Gasteiger partial charge in [-0.15, -0.1) is 0 Å². The average molecular weight is 570 g/mol. The summed E-state index contributed by atoms with van der Waals surface area (Å²) in [6, 6.07) is 24.6. The number of aliphatic imine (C=N–C) groups is 1. The molecule has 0 radical (unpaired) electrons. The van der Waals surface area contributed by atoms with Gasteiger partial charge in [0.1, 0.15) is 11.7 Å². The van der Waals surface area contributed by atoms with Crippen molar-refractivity contribution in [3.8, 4) is 11.1 Å². The standard InChI is InChI=1S/C30H28ClN7OS/c1-19(32)16-26(33)35-27-18-28(38-14-5-15-38)37-30(36-27)40-23-11-9-22(10-12-23)34-29(39)24-13-8-21(17-25(24)31)20-6-3-2-4-7-20/h2-4,6-13,16-18H,5,14-15,32H2,1H3,(H,34,39)(H2,33,35,36,37). The van der Waals surface area contributed by atoms with E-state index in [0.29, 0.717) is 32.9 Å². The van der Waals surface area contributed by atoms with E-state index in [0.717, 1.165) is 41.4 Å². The number of amidine groups is 1. The summed E-state index contributed by atoms with van der Waals surface area (Å²) >= 11 is 7.87. The summed E-state index contributed by atoms with van der Waals surface area (Å²) in [6.07, 6.45) is 2.72. The number of halogens is 1. The number of benzene rings is 3. The number of nitrogens with one attached hydrogen (secondary N) is 1. The Kier molecular flexibility index (Phi) is 8.33. The van der Waals surface area contributed by atoms with Crippen LogP contribution in [-0.4, -0.2) is 34.8 Å². The monoisotopic (exact) mass is 569 g/mol. The van der Waals surface area contributed by atoms with Crippen LogP contribution in [0.5, 0.6) is 0 Å². The highest BCUT2D eigenvalue weighted by atomic mass is 35.5. The van der Waals surface area contributed by atoms with Gasteiger partial charge >= 0.3 is 0 Å². The maximum Gasteiger partial charge on any atom is 0.257 e. The van der Waals surface area contributed by atoms with Crippen molar-refractivity contribution in [2.75, 3.05) is 23.3 Å². The molecule has 2 heterocycles. The molecule has 1 amide bonds. The number of nitrogens with zero attached hydrogens (tertiary/aromatic N) is 4. The smallest absolute Gasteiger partial charge is 0.257 e. The third-order valence-electron chi connectivity index (χ3n) is 6.12. The lowest BCUT2D eigenvalue weighted by molar-refractivity contribution is 0.102. The van der Waals surface area contributed by atoms with E-state index in [1.807, 2.05) is 66.7 Å². The van der Waals surface area contributed by atoms with Crippen molar-refractivity contribution in [2.24, 2.45) is 16.5 Å². The van der Waals surface area contributed by atoms with Crippen LogP contribution in [0.25, 0.3) is 11.1 Å². The lowest BCUT2D eigenvalue weighted by atomic mass is 10.0. The summed E-state index contributed by atoms with van der Waals surface area (Å²) in [5.41, 5.74) is 15.3. The van der Waals surface area contributed by atoms with Gasteiger partial charge in [-0.2, -0.15) is 0 Å². The van der Waals surface area contributed by atoms with Crippen molar-refractivity contribution < 1.29 is 4.79 Å². The van der Waals surface area contributed by atoms with Gasteiger partial charge in [-0.3, -0.25) is 4.79 Å². The van der Waals surface area contributed by atoms with Crippen LogP contribution in [-0.2, 0) is 0 Å². The van der Waals surface area contributed by atoms with Crippen molar-refractivity contribution >= 4 is 52.4 Å². The first-order valence-corrected chi connectivity index (χ1v) is 13.9. The van der Waals surface area contributed by atoms with Crippen molar-refractivity contribution in [2.45, 2.75) is 23.4 Å². The molecule has 8 nitrogen and oxygen atoms in total. The summed E-state index contributed by atoms with van der Waals surface area (Å²) in [4.78, 5) is 29.7. The number of anilines is 2. The van der Waals surface area contributed by atoms with Gasteiger partial charge in [0.05, 0.1) is 10.6 Å². The Hall–Kier alpha value is -4.34. The third-order valence-corrected chi connectivity index (χ3v) is 7.31. The van der Waals surface area contributed by atoms with Gasteiger partial charge in [0.25, 0.3) is 5.91 Å². The molecule has 40 heavy (non-hydrogen) atoms. The maximum absolute atomic E-state index is 12.9. The first-order chi connectivity index (χ1) is 19.3. The Morgan fingerprint density at radius 1 is 1.00 bits per heavy atom. The second kappa shape index (κ2) is 12.2. The van der Waals surface area contributed by atoms with Crippen LogP contribution in [0, 0.1) is 0 Å². The first-order valence-electron chi connectivity index (χ1n) is 12.7. The molecular formula is C30H28ClN7OS. The second-order valence-corrected chi connectivity index (χ2v) is 10.7. The summed E-state index contributed by atoms with van der Waals surface area (Å²) in [5, 5.41) is 3.85. The van der Waals surface area contributed by atoms with Gasteiger partial charge in [-0.1, -0.05) is 48.0 Å². The fourth-order valence-electron chi connectivity index (χ4n) is 4.03. The van der Waals surface area contributed by atoms with Gasteiger partial charge in [0.2, 0.25) is 0 Å². The second-order valence-electron chi connectivity index (χ2n) is 9.27. The van der Waals surface area contributed by atoms with E-state index < -0.39 is 0 Å². The molecule has 10 heteroatoms. The number of amides is 1. The molecule has 3 aromatic carbocycles. The van der Waals surface area contributed by atoms with E-state index in [-0.39, 0.29) is 11.7 Å². The molecule has 202 valence electrons. The summed E-state index contributed by atoms with van der Waals surface area (Å²) in [5.74, 6) is 1.27. The van der Waals surface area contributed by atoms with E-state index in [4.69, 9.17) is 28.1 Å². The van der Waals surface area contributed by atoms with E-state index in [9.17, 15) is 4.79 Å². The van der Waals surface area contributed by atoms with E-state index in [1.54, 1.807) is 25.1 Å². The maximum atomic E-state index is 12.9. The number of allylic oxidation sites excluding steroid dienone is 1. The number of aromatic nitrogens is 2. The van der Waals surface area contributed by atoms with Gasteiger partial charge < -0.3 is 21.7 Å². The van der Waals surface area contributed by atoms with Crippen LogP contribution in [0.4, 0.5) is 17.3 Å². The van der Waals surface area contributed by atoms with Crippen LogP contribution in [0.15, 0.2) is 106 Å². The fourth-order valence-corrected chi connectivity index (χ4v) is 5.06. The fraction of sp³-hybridized carbons (Fsp3) is 0.133. The molecule has 0 saturated carbocycles. The Morgan fingerprint density at radius 2 is 1.75 bits per heavy atom. The van der Waals surface area contributed by atoms with Crippen LogP contribution in [0.2, 0.25) is 5.02 Å². The number of carbonyl (C=O) groups excluding carboxylic acids is 1. The van der Waals surface area contributed by atoms with Gasteiger partial charge in [-0.25, -0.2) is 15.0 Å². The Labute approximate surface area is 242 Å². The third kappa shape index (κ3) is 6.80. The first kappa shape index (κ1) is 27.2. The molecule has 0 unspecified atom stereocenters. The predicted molar refractivity (Wildman–Crippen MR) is 163 cm³/mol. The molecule has 0 atom stereocenters. The molecule has 5 rings (SSSR count). The Bertz CT molecular complexity index is 1580. The zero-order valence-electron chi connectivity index (χ0n) is 21.8. The van der Waals surface area contributed by atoms with E-state index >= 15 is 0 Å². The normalized spacial score (nSPS) is 13.6. The molecule has 5 N–H and O–H groups in total. The molecule has 1 aliphatic heterocycles. The van der Waals surface area contributed by atoms with Gasteiger partial charge in [0, 0.05) is 35.4 Å². The highest BCUT2D eigenvalue weighted by Crippen LogP contribution is 2.31. The molecule has 0 spiro atoms. The summed E-state index contributed by atoms with van der Waals surface area (Å²) in [7, 11) is 0. The van der Waals surface area contributed by atoms with Crippen LogP contribution in [0.3, 0.4) is 0 Å². The SMILES string of the molecule is CC(N)=CC(N)=Nc1cc(N2CCC2)nc(Sc2ccc(NC(=O)c3ccc(-c4ccccc4)cc3Cl)cc2)n1. The Morgan fingerprint density at radius 3 is 2.40 bits per heavy atom. The van der Waals surface area contributed by atoms with E-state index in [1.165, 1.54) is 11.8 Å². The molecule has 1 aromatic heterocycles. The van der Waals surface area contributed by atoms with Gasteiger partial charge in [0.15, 0.2) is 11.0 Å². The number of hydrogen-bond donors (Lipinski definition) is 3. The molecular weight excluding hydrogens is 542 g/mol. The number of nitrogens with two attached hydrogens (primary N) is 2. The average Bonchev–Trinajstić information content (AvgIpc) is 2.88. The van der Waals surface area contributed by atoms with Crippen molar-refractivity contribution in [3.05, 3.63) is 101 Å². The quantitative estimate of drug-likeness (QED) is 0.130. The van der Waals surface area contributed by atoms with E-state index in [2.05, 4.69) is 20.2 Å². The van der Waals surface area contributed by atoms with Crippen molar-refractivity contribution in [1.29, 1.82) is 0 Å². The van der Waals surface area contributed by atoms with Crippen molar-refractivity contribution in [3.63, 3.8) is 0 Å². The van der Waals surface area contributed by atoms with Crippen LogP contribution in [0.1, 0.15) is 23.7 Å². The number of rotatable bonds is 8. The minimum atomic E-state index is -0.280. The zero-order valence-corrected chi connectivity index (χ0v) is 23.4. The molecule has 1 fully saturated rings. The minimum Gasteiger partial charge on any atom is -0.402 e. The molecule has 1 saturated heterocycles. The minimum absolute atomic E-state index is 0.277. The molecule has 0 aliphatic carbocycles. The van der Waals surface area contributed by atoms with Crippen LogP contribution < -0.4 is 21.7 Å². The topological polar surface area (TPSA) is 123 Å². The van der Waals surface area contributed by atoms with Crippen LogP contribution >= 0.6 is 23.4 Å². The van der Waals surface area contributed by atoms with Gasteiger partial charge in [-0.05, 0) is 78.7 Å². The predicted octanol–water partition coefficient (Wildman–Crippen LogP) is 6.26. The number of carbonyl (C=O) groups is 1. The highest BCUT2D eigenvalue weighted by molar-refractivity contribution is 7.99. The summed E-state index contributed by atoms with van der Waals surface area (Å²) in [6.45, 7) is 3.63. The lowest BCUT2D eigenvalue weighted by Gasteiger charge is -2.32.